The van der Waals surface area contributed by atoms with E-state index in [4.69, 9.17) is 5.26 Å². The van der Waals surface area contributed by atoms with Gasteiger partial charge in [0, 0.05) is 24.2 Å². The molecule has 7 heteroatoms. The van der Waals surface area contributed by atoms with Crippen molar-refractivity contribution in [2.24, 2.45) is 0 Å². The van der Waals surface area contributed by atoms with Crippen LogP contribution >= 0.6 is 0 Å². The van der Waals surface area contributed by atoms with Crippen LogP contribution in [0.25, 0.3) is 5.82 Å². The zero-order valence-corrected chi connectivity index (χ0v) is 12.7. The Morgan fingerprint density at radius 1 is 1.43 bits per heavy atom. The van der Waals surface area contributed by atoms with Crippen LogP contribution in [0.15, 0.2) is 24.5 Å². The Morgan fingerprint density at radius 3 is 3.00 bits per heavy atom. The third kappa shape index (κ3) is 2.19. The van der Waals surface area contributed by atoms with Crippen molar-refractivity contribution in [1.82, 2.24) is 25.0 Å². The number of rotatable bonds is 2. The number of hydrogen-bond donors (Lipinski definition) is 1. The van der Waals surface area contributed by atoms with Crippen LogP contribution in [-0.4, -0.2) is 44.2 Å². The molecule has 0 saturated carbocycles. The van der Waals surface area contributed by atoms with Gasteiger partial charge in [-0.25, -0.2) is 9.67 Å². The summed E-state index contributed by atoms with van der Waals surface area (Å²) < 4.78 is 1.52. The molecule has 0 unspecified atom stereocenters. The zero-order chi connectivity index (χ0) is 16.0. The van der Waals surface area contributed by atoms with Crippen molar-refractivity contribution >= 4 is 5.91 Å². The second-order valence-electron chi connectivity index (χ2n) is 5.99. The molecule has 1 fully saturated rings. The van der Waals surface area contributed by atoms with Gasteiger partial charge in [0.25, 0.3) is 5.91 Å². The maximum Gasteiger partial charge on any atom is 0.273 e. The van der Waals surface area contributed by atoms with E-state index in [1.807, 2.05) is 23.1 Å². The fourth-order valence-corrected chi connectivity index (χ4v) is 3.35. The van der Waals surface area contributed by atoms with Gasteiger partial charge >= 0.3 is 0 Å². The summed E-state index contributed by atoms with van der Waals surface area (Å²) in [7, 11) is 0. The van der Waals surface area contributed by atoms with Gasteiger partial charge in [-0.05, 0) is 26.0 Å². The molecule has 2 atom stereocenters. The number of fused-ring (bicyclic) bond motifs is 1. The Hall–Kier alpha value is -2.72. The molecular formula is C16H16N6O. The predicted octanol–water partition coefficient (Wildman–Crippen LogP) is 0.845. The van der Waals surface area contributed by atoms with Crippen molar-refractivity contribution in [2.45, 2.75) is 32.0 Å². The minimum absolute atomic E-state index is 0.0185. The van der Waals surface area contributed by atoms with Crippen LogP contribution < -0.4 is 5.32 Å². The van der Waals surface area contributed by atoms with E-state index in [1.165, 1.54) is 10.9 Å². The van der Waals surface area contributed by atoms with Crippen LogP contribution in [0.1, 0.15) is 35.0 Å². The van der Waals surface area contributed by atoms with Crippen LogP contribution in [0.4, 0.5) is 0 Å². The molecule has 0 spiro atoms. The van der Waals surface area contributed by atoms with Gasteiger partial charge < -0.3 is 10.2 Å². The first-order valence-electron chi connectivity index (χ1n) is 7.67. The highest BCUT2D eigenvalue weighted by Gasteiger charge is 2.38. The number of aromatic nitrogens is 3. The molecule has 0 aromatic carbocycles. The summed E-state index contributed by atoms with van der Waals surface area (Å²) in [5.41, 5.74) is 1.91. The molecule has 4 heterocycles. The number of nitrogens with one attached hydrogen (secondary N) is 1. The summed E-state index contributed by atoms with van der Waals surface area (Å²) in [5, 5.41) is 16.4. The molecule has 116 valence electrons. The lowest BCUT2D eigenvalue weighted by molar-refractivity contribution is 0.0689. The number of pyridine rings is 1. The minimum atomic E-state index is -0.0185. The van der Waals surface area contributed by atoms with E-state index in [9.17, 15) is 4.79 Å². The van der Waals surface area contributed by atoms with E-state index in [0.717, 1.165) is 18.5 Å². The molecular weight excluding hydrogens is 292 g/mol. The first-order chi connectivity index (χ1) is 11.2. The lowest BCUT2D eigenvalue weighted by Gasteiger charge is -2.26. The lowest BCUT2D eigenvalue weighted by atomic mass is 10.1. The number of nitriles is 1. The fourth-order valence-electron chi connectivity index (χ4n) is 3.35. The average molecular weight is 308 g/mol. The van der Waals surface area contributed by atoms with E-state index in [-0.39, 0.29) is 11.9 Å². The number of carbonyl (C=O) groups is 1. The summed E-state index contributed by atoms with van der Waals surface area (Å²) in [5.74, 6) is 0.535. The average Bonchev–Trinajstić information content (AvgIpc) is 3.26. The quantitative estimate of drug-likeness (QED) is 0.888. The van der Waals surface area contributed by atoms with Crippen LogP contribution in [0.3, 0.4) is 0 Å². The molecule has 0 radical (unpaired) electrons. The van der Waals surface area contributed by atoms with E-state index in [2.05, 4.69) is 22.3 Å². The largest absolute Gasteiger partial charge is 0.328 e. The van der Waals surface area contributed by atoms with Crippen molar-refractivity contribution in [3.8, 4) is 11.9 Å². The predicted molar refractivity (Wildman–Crippen MR) is 81.8 cm³/mol. The SMILES string of the molecule is C[C@H]1NCC[C@H]1N1Cc2ccc(-n3cc(C#N)cn3)nc2C1=O. The Morgan fingerprint density at radius 2 is 2.30 bits per heavy atom. The third-order valence-corrected chi connectivity index (χ3v) is 4.60. The molecule has 4 rings (SSSR count). The number of carbonyl (C=O) groups excluding carboxylic acids is 1. The summed E-state index contributed by atoms with van der Waals surface area (Å²) in [6.45, 7) is 3.66. The van der Waals surface area contributed by atoms with Gasteiger partial charge in [-0.1, -0.05) is 6.07 Å². The summed E-state index contributed by atoms with van der Waals surface area (Å²) in [6.07, 6.45) is 4.06. The summed E-state index contributed by atoms with van der Waals surface area (Å²) >= 11 is 0. The van der Waals surface area contributed by atoms with Crippen molar-refractivity contribution in [3.05, 3.63) is 41.3 Å². The van der Waals surface area contributed by atoms with Crippen molar-refractivity contribution in [2.75, 3.05) is 6.54 Å². The summed E-state index contributed by atoms with van der Waals surface area (Å²) in [6, 6.07) is 6.31. The van der Waals surface area contributed by atoms with Gasteiger partial charge in [0.15, 0.2) is 5.82 Å². The van der Waals surface area contributed by atoms with Gasteiger partial charge in [-0.15, -0.1) is 0 Å². The maximum absolute atomic E-state index is 12.7. The highest BCUT2D eigenvalue weighted by atomic mass is 16.2. The highest BCUT2D eigenvalue weighted by Crippen LogP contribution is 2.28. The minimum Gasteiger partial charge on any atom is -0.328 e. The van der Waals surface area contributed by atoms with Crippen molar-refractivity contribution in [3.63, 3.8) is 0 Å². The third-order valence-electron chi connectivity index (χ3n) is 4.60. The molecule has 23 heavy (non-hydrogen) atoms. The maximum atomic E-state index is 12.7. The Kier molecular flexibility index (Phi) is 3.13. The molecule has 2 aliphatic rings. The van der Waals surface area contributed by atoms with Gasteiger partial charge in [0.05, 0.1) is 18.0 Å². The Bertz CT molecular complexity index is 820. The van der Waals surface area contributed by atoms with E-state index in [0.29, 0.717) is 29.7 Å². The topological polar surface area (TPSA) is 86.8 Å². The van der Waals surface area contributed by atoms with Gasteiger partial charge in [0.2, 0.25) is 0 Å². The smallest absolute Gasteiger partial charge is 0.273 e. The fraction of sp³-hybridized carbons (Fsp3) is 0.375. The molecule has 1 amide bonds. The summed E-state index contributed by atoms with van der Waals surface area (Å²) in [4.78, 5) is 19.1. The van der Waals surface area contributed by atoms with Gasteiger partial charge in [0.1, 0.15) is 11.8 Å². The molecule has 2 aromatic heterocycles. The van der Waals surface area contributed by atoms with E-state index in [1.54, 1.807) is 6.20 Å². The van der Waals surface area contributed by atoms with Gasteiger partial charge in [-0.3, -0.25) is 4.79 Å². The van der Waals surface area contributed by atoms with E-state index < -0.39 is 0 Å². The molecule has 1 saturated heterocycles. The first kappa shape index (κ1) is 13.9. The zero-order valence-electron chi connectivity index (χ0n) is 12.7. The van der Waals surface area contributed by atoms with Crippen LogP contribution in [0.2, 0.25) is 0 Å². The standard InChI is InChI=1S/C16H16N6O/c1-10-13(4-5-18-10)21-9-12-2-3-14(20-15(12)16(21)23)22-8-11(6-17)7-19-22/h2-3,7-8,10,13,18H,4-5,9H2,1H3/t10-,13-/m1/s1. The number of amides is 1. The molecule has 2 aliphatic heterocycles. The number of nitrogens with zero attached hydrogens (tertiary/aromatic N) is 5. The number of hydrogen-bond acceptors (Lipinski definition) is 5. The molecule has 1 N–H and O–H groups in total. The normalized spacial score (nSPS) is 23.1. The molecule has 2 aromatic rings. The first-order valence-corrected chi connectivity index (χ1v) is 7.67. The van der Waals surface area contributed by atoms with Crippen molar-refractivity contribution < 1.29 is 4.79 Å². The van der Waals surface area contributed by atoms with Crippen LogP contribution in [-0.2, 0) is 6.54 Å². The van der Waals surface area contributed by atoms with Crippen LogP contribution in [0, 0.1) is 11.3 Å². The molecule has 0 aliphatic carbocycles. The second kappa shape index (κ2) is 5.18. The second-order valence-corrected chi connectivity index (χ2v) is 5.99. The van der Waals surface area contributed by atoms with Crippen molar-refractivity contribution in [1.29, 1.82) is 5.26 Å². The monoisotopic (exact) mass is 308 g/mol. The van der Waals surface area contributed by atoms with E-state index >= 15 is 0 Å². The lowest BCUT2D eigenvalue weighted by Crippen LogP contribution is -2.42. The van der Waals surface area contributed by atoms with Gasteiger partial charge in [-0.2, -0.15) is 10.4 Å². The molecule has 7 nitrogen and oxygen atoms in total. The Labute approximate surface area is 133 Å². The highest BCUT2D eigenvalue weighted by molar-refractivity contribution is 5.97. The molecule has 0 bridgehead atoms. The Balaban J connectivity index is 1.66. The van der Waals surface area contributed by atoms with Crippen LogP contribution in [0.5, 0.6) is 0 Å².